The van der Waals surface area contributed by atoms with Gasteiger partial charge in [-0.05, 0) is 29.9 Å². The molecule has 0 saturated carbocycles. The standard InChI is InChI=1S/C23H30N2OS/c1-3-7-20(8-4-1)23(21-9-5-2-6-10-21)27-22-18-25(14-13-24-22)17-19-11-15-26-16-12-19/h1-10,19,22-24H,11-18H2. The van der Waals surface area contributed by atoms with Crippen molar-refractivity contribution in [3.05, 3.63) is 71.8 Å². The summed E-state index contributed by atoms with van der Waals surface area (Å²) in [7, 11) is 0. The average Bonchev–Trinajstić information content (AvgIpc) is 2.74. The summed E-state index contributed by atoms with van der Waals surface area (Å²) < 4.78 is 5.53. The van der Waals surface area contributed by atoms with Gasteiger partial charge in [0.05, 0.1) is 10.6 Å². The first-order valence-corrected chi connectivity index (χ1v) is 11.1. The second-order valence-corrected chi connectivity index (χ2v) is 8.91. The number of ether oxygens (including phenoxy) is 1. The van der Waals surface area contributed by atoms with Crippen molar-refractivity contribution in [3.63, 3.8) is 0 Å². The molecule has 144 valence electrons. The molecule has 2 aromatic carbocycles. The summed E-state index contributed by atoms with van der Waals surface area (Å²) in [5.41, 5.74) is 2.77. The molecule has 3 nitrogen and oxygen atoms in total. The number of rotatable bonds is 6. The van der Waals surface area contributed by atoms with Crippen LogP contribution >= 0.6 is 11.8 Å². The highest BCUT2D eigenvalue weighted by Gasteiger charge is 2.26. The van der Waals surface area contributed by atoms with Gasteiger partial charge in [-0.25, -0.2) is 0 Å². The van der Waals surface area contributed by atoms with Crippen LogP contribution in [0.3, 0.4) is 0 Å². The molecule has 0 amide bonds. The molecule has 2 aliphatic heterocycles. The van der Waals surface area contributed by atoms with E-state index in [1.807, 2.05) is 0 Å². The maximum Gasteiger partial charge on any atom is 0.0671 e. The minimum Gasteiger partial charge on any atom is -0.381 e. The van der Waals surface area contributed by atoms with Crippen LogP contribution in [0.25, 0.3) is 0 Å². The van der Waals surface area contributed by atoms with Gasteiger partial charge in [-0.15, -0.1) is 11.8 Å². The number of hydrogen-bond acceptors (Lipinski definition) is 4. The van der Waals surface area contributed by atoms with Gasteiger partial charge >= 0.3 is 0 Å². The Kier molecular flexibility index (Phi) is 6.86. The fourth-order valence-corrected chi connectivity index (χ4v) is 5.56. The summed E-state index contributed by atoms with van der Waals surface area (Å²) in [6.07, 6.45) is 2.44. The fourth-order valence-electron chi connectivity index (χ4n) is 4.09. The zero-order valence-corrected chi connectivity index (χ0v) is 16.7. The Balaban J connectivity index is 1.43. The van der Waals surface area contributed by atoms with Crippen LogP contribution < -0.4 is 5.32 Å². The van der Waals surface area contributed by atoms with E-state index in [2.05, 4.69) is 82.6 Å². The van der Waals surface area contributed by atoms with Crippen LogP contribution in [0, 0.1) is 5.92 Å². The topological polar surface area (TPSA) is 24.5 Å². The maximum atomic E-state index is 5.53. The van der Waals surface area contributed by atoms with Gasteiger partial charge in [-0.3, -0.25) is 4.90 Å². The maximum absolute atomic E-state index is 5.53. The number of nitrogens with one attached hydrogen (secondary N) is 1. The van der Waals surface area contributed by atoms with Crippen LogP contribution in [-0.2, 0) is 4.74 Å². The predicted molar refractivity (Wildman–Crippen MR) is 114 cm³/mol. The molecule has 4 rings (SSSR count). The van der Waals surface area contributed by atoms with E-state index in [0.29, 0.717) is 10.6 Å². The van der Waals surface area contributed by atoms with Crippen molar-refractivity contribution in [1.82, 2.24) is 10.2 Å². The summed E-state index contributed by atoms with van der Waals surface area (Å²) >= 11 is 2.06. The lowest BCUT2D eigenvalue weighted by molar-refractivity contribution is 0.0501. The van der Waals surface area contributed by atoms with E-state index in [-0.39, 0.29) is 0 Å². The number of benzene rings is 2. The van der Waals surface area contributed by atoms with Gasteiger partial charge < -0.3 is 10.1 Å². The molecule has 0 aliphatic carbocycles. The molecule has 2 aromatic rings. The lowest BCUT2D eigenvalue weighted by Gasteiger charge is -2.37. The zero-order chi connectivity index (χ0) is 18.3. The average molecular weight is 383 g/mol. The quantitative estimate of drug-likeness (QED) is 0.810. The molecule has 2 saturated heterocycles. The van der Waals surface area contributed by atoms with Gasteiger partial charge in [-0.1, -0.05) is 60.7 Å². The second-order valence-electron chi connectivity index (χ2n) is 7.60. The predicted octanol–water partition coefficient (Wildman–Crippen LogP) is 4.17. The Morgan fingerprint density at radius 1 is 0.963 bits per heavy atom. The van der Waals surface area contributed by atoms with E-state index in [0.717, 1.165) is 38.8 Å². The van der Waals surface area contributed by atoms with Gasteiger partial charge in [0, 0.05) is 39.4 Å². The largest absolute Gasteiger partial charge is 0.381 e. The minimum absolute atomic E-state index is 0.368. The van der Waals surface area contributed by atoms with Crippen LogP contribution in [0.1, 0.15) is 29.2 Å². The Labute approximate surface area is 167 Å². The molecule has 0 bridgehead atoms. The number of nitrogens with zero attached hydrogens (tertiary/aromatic N) is 1. The van der Waals surface area contributed by atoms with Crippen molar-refractivity contribution in [2.24, 2.45) is 5.92 Å². The van der Waals surface area contributed by atoms with E-state index < -0.39 is 0 Å². The van der Waals surface area contributed by atoms with E-state index in [9.17, 15) is 0 Å². The third-order valence-corrected chi connectivity index (χ3v) is 7.05. The Morgan fingerprint density at radius 2 is 1.59 bits per heavy atom. The van der Waals surface area contributed by atoms with Crippen molar-refractivity contribution in [2.45, 2.75) is 23.5 Å². The normalized spacial score (nSPS) is 22.2. The Hall–Kier alpha value is -1.33. The summed E-state index contributed by atoms with van der Waals surface area (Å²) in [6, 6.07) is 21.8. The fraction of sp³-hybridized carbons (Fsp3) is 0.478. The first-order chi connectivity index (χ1) is 13.4. The number of hydrogen-bond donors (Lipinski definition) is 1. The zero-order valence-electron chi connectivity index (χ0n) is 15.9. The number of thioether (sulfide) groups is 1. The van der Waals surface area contributed by atoms with Crippen LogP contribution in [0.15, 0.2) is 60.7 Å². The molecular weight excluding hydrogens is 352 g/mol. The SMILES string of the molecule is c1ccc(C(SC2CN(CC3CCOCC3)CCN2)c2ccccc2)cc1. The van der Waals surface area contributed by atoms with Crippen LogP contribution in [0.5, 0.6) is 0 Å². The van der Waals surface area contributed by atoms with Gasteiger partial charge in [0.15, 0.2) is 0 Å². The summed E-state index contributed by atoms with van der Waals surface area (Å²) in [6.45, 7) is 6.48. The molecule has 2 fully saturated rings. The molecule has 2 heterocycles. The molecule has 0 spiro atoms. The second kappa shape index (κ2) is 9.74. The van der Waals surface area contributed by atoms with Gasteiger partial charge in [-0.2, -0.15) is 0 Å². The monoisotopic (exact) mass is 382 g/mol. The van der Waals surface area contributed by atoms with Crippen molar-refractivity contribution in [1.29, 1.82) is 0 Å². The highest BCUT2D eigenvalue weighted by molar-refractivity contribution is 8.00. The third-order valence-electron chi connectivity index (χ3n) is 5.59. The lowest BCUT2D eigenvalue weighted by atomic mass is 9.99. The van der Waals surface area contributed by atoms with Gasteiger partial charge in [0.25, 0.3) is 0 Å². The van der Waals surface area contributed by atoms with Crippen molar-refractivity contribution < 1.29 is 4.74 Å². The summed E-state index contributed by atoms with van der Waals surface area (Å²) in [4.78, 5) is 2.66. The summed E-state index contributed by atoms with van der Waals surface area (Å²) in [5.74, 6) is 0.807. The van der Waals surface area contributed by atoms with E-state index in [4.69, 9.17) is 4.74 Å². The molecule has 1 atom stereocenters. The van der Waals surface area contributed by atoms with Gasteiger partial charge in [0.1, 0.15) is 0 Å². The molecular formula is C23H30N2OS. The van der Waals surface area contributed by atoms with Crippen molar-refractivity contribution in [2.75, 3.05) is 39.4 Å². The smallest absolute Gasteiger partial charge is 0.0671 e. The highest BCUT2D eigenvalue weighted by Crippen LogP contribution is 2.38. The van der Waals surface area contributed by atoms with Crippen LogP contribution in [0.2, 0.25) is 0 Å². The Bertz CT molecular complexity index is 636. The highest BCUT2D eigenvalue weighted by atomic mass is 32.2. The summed E-state index contributed by atoms with van der Waals surface area (Å²) in [5, 5.41) is 4.58. The van der Waals surface area contributed by atoms with E-state index >= 15 is 0 Å². The van der Waals surface area contributed by atoms with Crippen LogP contribution in [0.4, 0.5) is 0 Å². The van der Waals surface area contributed by atoms with Crippen molar-refractivity contribution in [3.8, 4) is 0 Å². The first-order valence-electron chi connectivity index (χ1n) is 10.2. The first kappa shape index (κ1) is 19.0. The molecule has 4 heteroatoms. The minimum atomic E-state index is 0.368. The van der Waals surface area contributed by atoms with Gasteiger partial charge in [0.2, 0.25) is 0 Å². The molecule has 0 aromatic heterocycles. The van der Waals surface area contributed by atoms with Crippen molar-refractivity contribution >= 4 is 11.8 Å². The molecule has 0 radical (unpaired) electrons. The Morgan fingerprint density at radius 3 is 2.22 bits per heavy atom. The third kappa shape index (κ3) is 5.35. The van der Waals surface area contributed by atoms with E-state index in [1.54, 1.807) is 0 Å². The van der Waals surface area contributed by atoms with E-state index in [1.165, 1.54) is 30.5 Å². The van der Waals surface area contributed by atoms with Crippen LogP contribution in [-0.4, -0.2) is 49.7 Å². The molecule has 1 N–H and O–H groups in total. The molecule has 2 aliphatic rings. The molecule has 27 heavy (non-hydrogen) atoms. The lowest BCUT2D eigenvalue weighted by Crippen LogP contribution is -2.50. The molecule has 1 unspecified atom stereocenters. The number of piperazine rings is 1.